The highest BCUT2D eigenvalue weighted by molar-refractivity contribution is 6.77. The number of benzene rings is 1. The highest BCUT2D eigenvalue weighted by Gasteiger charge is 2.70. The summed E-state index contributed by atoms with van der Waals surface area (Å²) in [6.45, 7) is 3.10. The summed E-state index contributed by atoms with van der Waals surface area (Å²) in [6.07, 6.45) is -5.18. The van der Waals surface area contributed by atoms with E-state index in [1.165, 1.54) is 26.0 Å². The van der Waals surface area contributed by atoms with Crippen LogP contribution in [0.15, 0.2) is 30.3 Å². The third-order valence-electron chi connectivity index (χ3n) is 3.71. The van der Waals surface area contributed by atoms with Gasteiger partial charge in [0, 0.05) is 0 Å². The minimum absolute atomic E-state index is 0.377. The minimum Gasteiger partial charge on any atom is -0.241 e. The van der Waals surface area contributed by atoms with E-state index in [0.717, 1.165) is 0 Å². The quantitative estimate of drug-likeness (QED) is 0.557. The second kappa shape index (κ2) is 5.81. The molecule has 0 aliphatic rings. The second-order valence-corrected chi connectivity index (χ2v) is 9.66. The fraction of sp³-hybridized carbons (Fsp3) is 0.538. The smallest absolute Gasteiger partial charge is 0.241 e. The monoisotopic (exact) mass is 312 g/mol. The third kappa shape index (κ3) is 2.88. The van der Waals surface area contributed by atoms with E-state index in [0.29, 0.717) is 12.5 Å². The van der Waals surface area contributed by atoms with Crippen LogP contribution < -0.4 is 0 Å². The van der Waals surface area contributed by atoms with Crippen LogP contribution in [0, 0.1) is 0 Å². The van der Waals surface area contributed by atoms with Gasteiger partial charge < -0.3 is 0 Å². The van der Waals surface area contributed by atoms with Crippen LogP contribution in [-0.4, -0.2) is 19.8 Å². The third-order valence-corrected chi connectivity index (χ3v) is 8.65. The van der Waals surface area contributed by atoms with Gasteiger partial charge in [0.2, 0.25) is 5.29 Å². The van der Waals surface area contributed by atoms with Gasteiger partial charge in [-0.2, -0.15) is 13.2 Å². The van der Waals surface area contributed by atoms with Gasteiger partial charge in [-0.3, -0.25) is 0 Å². The van der Waals surface area contributed by atoms with Crippen LogP contribution in [0.4, 0.5) is 22.1 Å². The normalized spacial score (nSPS) is 18.6. The van der Waals surface area contributed by atoms with Gasteiger partial charge >= 0.3 is 14.5 Å². The minimum atomic E-state index is -5.18. The van der Waals surface area contributed by atoms with E-state index in [1.807, 2.05) is 0 Å². The molecule has 0 aliphatic heterocycles. The van der Waals surface area contributed by atoms with E-state index >= 15 is 0 Å². The first-order chi connectivity index (χ1) is 9.08. The highest BCUT2D eigenvalue weighted by Crippen LogP contribution is 2.47. The fourth-order valence-corrected chi connectivity index (χ4v) is 5.76. The van der Waals surface area contributed by atoms with Crippen LogP contribution in [-0.2, 0) is 10.7 Å². The topological polar surface area (TPSA) is 9.23 Å². The molecule has 0 N–H and O–H groups in total. The molecule has 1 nitrogen and oxygen atoms in total. The average molecular weight is 312 g/mol. The van der Waals surface area contributed by atoms with E-state index in [2.05, 4.69) is 4.63 Å². The molecule has 0 radical (unpaired) electrons. The summed E-state index contributed by atoms with van der Waals surface area (Å²) >= 11 is 0. The zero-order valence-corrected chi connectivity index (χ0v) is 12.5. The molecule has 0 aromatic heterocycles. The van der Waals surface area contributed by atoms with Gasteiger partial charge in [0.1, 0.15) is 0 Å². The molecule has 0 fully saturated rings. The van der Waals surface area contributed by atoms with Crippen LogP contribution in [0.3, 0.4) is 0 Å². The first-order valence-electron chi connectivity index (χ1n) is 6.18. The Kier molecular flexibility index (Phi) is 4.97. The van der Waals surface area contributed by atoms with Gasteiger partial charge in [0.25, 0.3) is 0 Å². The van der Waals surface area contributed by atoms with Crippen molar-refractivity contribution >= 4 is 8.32 Å². The largest absolute Gasteiger partial charge is 0.421 e. The molecule has 0 saturated heterocycles. The zero-order chi connectivity index (χ0) is 15.6. The molecule has 0 bridgehead atoms. The lowest BCUT2D eigenvalue weighted by atomic mass is 10.2. The molecule has 0 aliphatic carbocycles. The maximum Gasteiger partial charge on any atom is 0.421 e. The lowest BCUT2D eigenvalue weighted by Gasteiger charge is -2.41. The second-order valence-electron chi connectivity index (χ2n) is 5.28. The molecule has 1 aromatic rings. The molecule has 2 atom stereocenters. The van der Waals surface area contributed by atoms with Crippen LogP contribution in [0.25, 0.3) is 0 Å². The molecule has 1 aromatic carbocycles. The number of halogens is 5. The van der Waals surface area contributed by atoms with E-state index in [4.69, 9.17) is 0 Å². The first kappa shape index (κ1) is 17.1. The molecule has 2 unspecified atom stereocenters. The van der Waals surface area contributed by atoms with Crippen molar-refractivity contribution in [2.45, 2.75) is 43.8 Å². The van der Waals surface area contributed by atoms with Crippen molar-refractivity contribution in [1.82, 2.24) is 0 Å². The summed E-state index contributed by atoms with van der Waals surface area (Å²) in [5.74, 6) is 0. The van der Waals surface area contributed by atoms with E-state index in [1.54, 1.807) is 18.2 Å². The summed E-state index contributed by atoms with van der Waals surface area (Å²) < 4.78 is 70.2. The summed E-state index contributed by atoms with van der Waals surface area (Å²) in [4.78, 5) is 0. The summed E-state index contributed by atoms with van der Waals surface area (Å²) in [7, 11) is -4.41. The average Bonchev–Trinajstić information content (AvgIpc) is 2.35. The van der Waals surface area contributed by atoms with Gasteiger partial charge in [-0.05, 0) is 24.1 Å². The van der Waals surface area contributed by atoms with Crippen LogP contribution >= 0.6 is 0 Å². The summed E-state index contributed by atoms with van der Waals surface area (Å²) in [6, 6.07) is 7.59. The van der Waals surface area contributed by atoms with Crippen molar-refractivity contribution in [3.8, 4) is 0 Å². The Hall–Kier alpha value is -0.953. The molecule has 0 spiro atoms. The Morgan fingerprint density at radius 2 is 1.60 bits per heavy atom. The number of rotatable bonds is 5. The lowest BCUT2D eigenvalue weighted by molar-refractivity contribution is -0.209. The Bertz CT molecular complexity index is 432. The molecule has 7 heteroatoms. The fourth-order valence-electron chi connectivity index (χ4n) is 2.24. The van der Waals surface area contributed by atoms with Crippen molar-refractivity contribution in [3.05, 3.63) is 35.9 Å². The lowest BCUT2D eigenvalue weighted by Crippen LogP contribution is -2.66. The molecule has 1 rings (SSSR count). The maximum absolute atomic E-state index is 14.4. The van der Waals surface area contributed by atoms with Gasteiger partial charge in [-0.1, -0.05) is 48.7 Å². The Balaban J connectivity index is 3.30. The van der Waals surface area contributed by atoms with Gasteiger partial charge in [-0.15, -0.1) is 0 Å². The SMILES string of the molecule is CC(C)[Si](Cc1ccccc1)(OF)C(C)(F)C(F)(F)F. The Morgan fingerprint density at radius 3 is 1.95 bits per heavy atom. The zero-order valence-electron chi connectivity index (χ0n) is 11.5. The van der Waals surface area contributed by atoms with E-state index in [9.17, 15) is 22.1 Å². The number of hydrogen-bond acceptors (Lipinski definition) is 1. The van der Waals surface area contributed by atoms with E-state index < -0.39 is 25.3 Å². The van der Waals surface area contributed by atoms with Crippen molar-refractivity contribution in [3.63, 3.8) is 0 Å². The van der Waals surface area contributed by atoms with Gasteiger partial charge in [0.15, 0.2) is 0 Å². The maximum atomic E-state index is 14.4. The molecule has 0 saturated carbocycles. The van der Waals surface area contributed by atoms with Crippen molar-refractivity contribution in [2.75, 3.05) is 0 Å². The Morgan fingerprint density at radius 1 is 1.10 bits per heavy atom. The summed E-state index contributed by atoms with van der Waals surface area (Å²) in [5.41, 5.74) is -0.456. The van der Waals surface area contributed by atoms with Crippen molar-refractivity contribution in [2.24, 2.45) is 0 Å². The number of hydrogen-bond donors (Lipinski definition) is 0. The molecule has 0 amide bonds. The molecule has 20 heavy (non-hydrogen) atoms. The Labute approximate surface area is 115 Å². The first-order valence-corrected chi connectivity index (χ1v) is 8.37. The standard InChI is InChI=1S/C13H17F5OSi/c1-10(2)20(19-18,12(3,14)13(15,16)17)9-11-7-5-4-6-8-11/h4-8,10H,9H2,1-3H3. The highest BCUT2D eigenvalue weighted by atomic mass is 28.4. The predicted octanol–water partition coefficient (Wildman–Crippen LogP) is 4.85. The predicted molar refractivity (Wildman–Crippen MR) is 68.8 cm³/mol. The van der Waals surface area contributed by atoms with Crippen LogP contribution in [0.2, 0.25) is 5.54 Å². The van der Waals surface area contributed by atoms with Crippen LogP contribution in [0.1, 0.15) is 26.3 Å². The van der Waals surface area contributed by atoms with Crippen molar-refractivity contribution < 1.29 is 26.7 Å². The van der Waals surface area contributed by atoms with Gasteiger partial charge in [0.05, 0.1) is 0 Å². The van der Waals surface area contributed by atoms with E-state index in [-0.39, 0.29) is 6.04 Å². The van der Waals surface area contributed by atoms with Gasteiger partial charge in [-0.25, -0.2) is 9.02 Å². The molecule has 114 valence electrons. The summed E-state index contributed by atoms with van der Waals surface area (Å²) in [5, 5.41) is -3.68. The van der Waals surface area contributed by atoms with Crippen molar-refractivity contribution in [1.29, 1.82) is 0 Å². The molecular formula is C13H17F5OSi. The van der Waals surface area contributed by atoms with Crippen LogP contribution in [0.5, 0.6) is 0 Å². The number of alkyl halides is 4. The molecular weight excluding hydrogens is 295 g/mol. The molecule has 0 heterocycles.